The van der Waals surface area contributed by atoms with Crippen LogP contribution in [0.3, 0.4) is 0 Å². The maximum atomic E-state index is 6.39. The first-order valence-corrected chi connectivity index (χ1v) is 9.82. The van der Waals surface area contributed by atoms with Gasteiger partial charge in [-0.15, -0.1) is 0 Å². The van der Waals surface area contributed by atoms with Gasteiger partial charge in [-0.2, -0.15) is 0 Å². The number of pyridine rings is 1. The van der Waals surface area contributed by atoms with Gasteiger partial charge in [-0.25, -0.2) is 0 Å². The van der Waals surface area contributed by atoms with E-state index < -0.39 is 0 Å². The number of hydrogen-bond acceptors (Lipinski definition) is 4. The summed E-state index contributed by atoms with van der Waals surface area (Å²) >= 11 is 12.8. The molecule has 0 aliphatic carbocycles. The Morgan fingerprint density at radius 1 is 1.04 bits per heavy atom. The fourth-order valence-corrected chi connectivity index (χ4v) is 3.73. The molecule has 140 valence electrons. The van der Waals surface area contributed by atoms with Gasteiger partial charge in [0, 0.05) is 60.7 Å². The van der Waals surface area contributed by atoms with Crippen molar-refractivity contribution in [2.45, 2.75) is 19.5 Å². The molecule has 0 unspecified atom stereocenters. The number of ether oxygens (including phenoxy) is 1. The average molecular weight is 394 g/mol. The Morgan fingerprint density at radius 3 is 2.50 bits per heavy atom. The molecule has 0 saturated carbocycles. The van der Waals surface area contributed by atoms with Gasteiger partial charge in [0.15, 0.2) is 0 Å². The summed E-state index contributed by atoms with van der Waals surface area (Å²) in [5.74, 6) is 0. The van der Waals surface area contributed by atoms with E-state index in [-0.39, 0.29) is 0 Å². The van der Waals surface area contributed by atoms with Crippen LogP contribution in [0.4, 0.5) is 0 Å². The van der Waals surface area contributed by atoms with E-state index in [0.717, 1.165) is 74.5 Å². The maximum Gasteiger partial charge on any atom is 0.0594 e. The highest BCUT2D eigenvalue weighted by Crippen LogP contribution is 2.26. The molecule has 0 radical (unpaired) electrons. The minimum Gasteiger partial charge on any atom is -0.379 e. The van der Waals surface area contributed by atoms with Crippen LogP contribution in [0.5, 0.6) is 0 Å². The van der Waals surface area contributed by atoms with Gasteiger partial charge in [0.2, 0.25) is 0 Å². The van der Waals surface area contributed by atoms with E-state index in [0.29, 0.717) is 0 Å². The Balaban J connectivity index is 1.63. The molecular formula is C20H25Cl2N3O. The van der Waals surface area contributed by atoms with Crippen molar-refractivity contribution >= 4 is 23.2 Å². The van der Waals surface area contributed by atoms with Gasteiger partial charge in [0.25, 0.3) is 0 Å². The fraction of sp³-hybridized carbons (Fsp3) is 0.450. The zero-order valence-electron chi connectivity index (χ0n) is 14.9. The standard InChI is InChI=1S/C20H25Cl2N3O/c21-19-5-1-6-20(22)18(19)16-25(15-17-4-2-7-23-14-17)9-3-8-24-10-12-26-13-11-24/h1-2,4-7,14H,3,8-13,15-16H2. The molecule has 6 heteroatoms. The van der Waals surface area contributed by atoms with Gasteiger partial charge < -0.3 is 4.74 Å². The minimum atomic E-state index is 0.724. The van der Waals surface area contributed by atoms with Crippen molar-refractivity contribution in [2.75, 3.05) is 39.4 Å². The second-order valence-corrected chi connectivity index (χ2v) is 7.39. The number of morpholine rings is 1. The van der Waals surface area contributed by atoms with Crippen LogP contribution in [0.1, 0.15) is 17.5 Å². The molecule has 1 aliphatic heterocycles. The maximum absolute atomic E-state index is 6.39. The van der Waals surface area contributed by atoms with E-state index in [4.69, 9.17) is 27.9 Å². The van der Waals surface area contributed by atoms with Crippen molar-refractivity contribution in [3.05, 3.63) is 63.9 Å². The van der Waals surface area contributed by atoms with Crippen LogP contribution in [0.15, 0.2) is 42.7 Å². The quantitative estimate of drug-likeness (QED) is 0.674. The van der Waals surface area contributed by atoms with Crippen molar-refractivity contribution in [3.8, 4) is 0 Å². The Bertz CT molecular complexity index is 658. The Kier molecular flexibility index (Phi) is 7.71. The monoisotopic (exact) mass is 393 g/mol. The molecule has 1 fully saturated rings. The van der Waals surface area contributed by atoms with Crippen molar-refractivity contribution in [1.29, 1.82) is 0 Å². The van der Waals surface area contributed by atoms with E-state index in [1.54, 1.807) is 6.20 Å². The summed E-state index contributed by atoms with van der Waals surface area (Å²) in [6, 6.07) is 9.77. The van der Waals surface area contributed by atoms with Crippen LogP contribution < -0.4 is 0 Å². The Labute approximate surface area is 165 Å². The first-order valence-electron chi connectivity index (χ1n) is 9.06. The van der Waals surface area contributed by atoms with Gasteiger partial charge in [0.05, 0.1) is 13.2 Å². The molecule has 1 aliphatic rings. The van der Waals surface area contributed by atoms with Crippen LogP contribution in [-0.4, -0.2) is 54.2 Å². The predicted octanol–water partition coefficient (Wildman–Crippen LogP) is 4.11. The summed E-state index contributed by atoms with van der Waals surface area (Å²) < 4.78 is 5.42. The van der Waals surface area contributed by atoms with Crippen molar-refractivity contribution in [3.63, 3.8) is 0 Å². The smallest absolute Gasteiger partial charge is 0.0594 e. The Hall–Kier alpha value is -1.17. The van der Waals surface area contributed by atoms with Crippen molar-refractivity contribution in [2.24, 2.45) is 0 Å². The molecule has 4 nitrogen and oxygen atoms in total. The van der Waals surface area contributed by atoms with Gasteiger partial charge in [-0.1, -0.05) is 35.3 Å². The molecule has 1 saturated heterocycles. The number of nitrogens with zero attached hydrogens (tertiary/aromatic N) is 3. The fourth-order valence-electron chi connectivity index (χ4n) is 3.21. The molecule has 26 heavy (non-hydrogen) atoms. The molecule has 1 aromatic carbocycles. The van der Waals surface area contributed by atoms with E-state index in [1.165, 1.54) is 5.56 Å². The molecule has 2 aromatic rings. The third-order valence-corrected chi connectivity index (χ3v) is 5.33. The zero-order chi connectivity index (χ0) is 18.2. The number of hydrogen-bond donors (Lipinski definition) is 0. The summed E-state index contributed by atoms with van der Waals surface area (Å²) in [5, 5.41) is 1.45. The average Bonchev–Trinajstić information content (AvgIpc) is 2.66. The highest BCUT2D eigenvalue weighted by atomic mass is 35.5. The number of benzene rings is 1. The molecule has 0 atom stereocenters. The SMILES string of the molecule is Clc1cccc(Cl)c1CN(CCCN1CCOCC1)Cc1cccnc1. The summed E-state index contributed by atoms with van der Waals surface area (Å²) in [6.45, 7) is 7.37. The zero-order valence-corrected chi connectivity index (χ0v) is 16.4. The van der Waals surface area contributed by atoms with Crippen LogP contribution >= 0.6 is 23.2 Å². The van der Waals surface area contributed by atoms with E-state index >= 15 is 0 Å². The van der Waals surface area contributed by atoms with Gasteiger partial charge in [-0.3, -0.25) is 14.8 Å². The summed E-state index contributed by atoms with van der Waals surface area (Å²) in [7, 11) is 0. The van der Waals surface area contributed by atoms with E-state index in [2.05, 4.69) is 20.9 Å². The van der Waals surface area contributed by atoms with E-state index in [9.17, 15) is 0 Å². The first kappa shape index (κ1) is 19.6. The lowest BCUT2D eigenvalue weighted by atomic mass is 10.1. The Morgan fingerprint density at radius 2 is 1.81 bits per heavy atom. The molecule has 0 bridgehead atoms. The van der Waals surface area contributed by atoms with Crippen molar-refractivity contribution < 1.29 is 4.74 Å². The second-order valence-electron chi connectivity index (χ2n) is 6.58. The van der Waals surface area contributed by atoms with Crippen LogP contribution in [0.2, 0.25) is 10.0 Å². The normalized spacial score (nSPS) is 15.5. The van der Waals surface area contributed by atoms with Gasteiger partial charge in [0.1, 0.15) is 0 Å². The van der Waals surface area contributed by atoms with Crippen LogP contribution in [0.25, 0.3) is 0 Å². The first-order chi connectivity index (χ1) is 12.7. The summed E-state index contributed by atoms with van der Waals surface area (Å²) in [5.41, 5.74) is 2.19. The summed E-state index contributed by atoms with van der Waals surface area (Å²) in [6.07, 6.45) is 4.82. The van der Waals surface area contributed by atoms with Gasteiger partial charge >= 0.3 is 0 Å². The highest BCUT2D eigenvalue weighted by molar-refractivity contribution is 6.35. The number of rotatable bonds is 8. The van der Waals surface area contributed by atoms with Gasteiger partial charge in [-0.05, 0) is 36.7 Å². The van der Waals surface area contributed by atoms with Crippen LogP contribution in [-0.2, 0) is 17.8 Å². The second kappa shape index (κ2) is 10.2. The molecule has 2 heterocycles. The largest absolute Gasteiger partial charge is 0.379 e. The third kappa shape index (κ3) is 5.93. The lowest BCUT2D eigenvalue weighted by Crippen LogP contribution is -2.38. The van der Waals surface area contributed by atoms with E-state index in [1.807, 2.05) is 30.5 Å². The number of halogens is 2. The summed E-state index contributed by atoms with van der Waals surface area (Å²) in [4.78, 5) is 9.09. The predicted molar refractivity (Wildman–Crippen MR) is 107 cm³/mol. The molecular weight excluding hydrogens is 369 g/mol. The molecule has 0 amide bonds. The van der Waals surface area contributed by atoms with Crippen LogP contribution in [0, 0.1) is 0 Å². The molecule has 3 rings (SSSR count). The third-order valence-electron chi connectivity index (χ3n) is 4.62. The molecule has 1 aromatic heterocycles. The molecule has 0 N–H and O–H groups in total. The lowest BCUT2D eigenvalue weighted by Gasteiger charge is -2.28. The molecule has 0 spiro atoms. The minimum absolute atomic E-state index is 0.724. The topological polar surface area (TPSA) is 28.6 Å². The lowest BCUT2D eigenvalue weighted by molar-refractivity contribution is 0.0359. The number of aromatic nitrogens is 1. The van der Waals surface area contributed by atoms with Crippen molar-refractivity contribution in [1.82, 2.24) is 14.8 Å². The highest BCUT2D eigenvalue weighted by Gasteiger charge is 2.14.